The molecule has 1 aliphatic rings. The summed E-state index contributed by atoms with van der Waals surface area (Å²) in [5.74, 6) is -0.523. The van der Waals surface area contributed by atoms with Crippen LogP contribution in [-0.4, -0.2) is 51.0 Å². The molecule has 1 fully saturated rings. The third-order valence-corrected chi connectivity index (χ3v) is 2.41. The second kappa shape index (κ2) is 7.86. The molecule has 5 nitrogen and oxygen atoms in total. The Morgan fingerprint density at radius 1 is 1.44 bits per heavy atom. The third kappa shape index (κ3) is 5.93. The minimum atomic E-state index is -0.523. The van der Waals surface area contributed by atoms with Gasteiger partial charge in [-0.1, -0.05) is 6.08 Å². The Kier molecular flexibility index (Phi) is 6.81. The van der Waals surface area contributed by atoms with E-state index in [1.165, 1.54) is 0 Å². The maximum atomic E-state index is 5.60. The van der Waals surface area contributed by atoms with Crippen molar-refractivity contribution in [3.63, 3.8) is 0 Å². The summed E-state index contributed by atoms with van der Waals surface area (Å²) in [6.45, 7) is 9.48. The standard InChI is InChI=1S/C13H22O5/c1-5-6-15-7-11(14-4)8-16-9-12-10-17-13(2,3)18-12/h4-5,11-12H,1,6-10H2,2-3H3. The van der Waals surface area contributed by atoms with Gasteiger partial charge in [-0.2, -0.15) is 0 Å². The molecule has 1 aliphatic heterocycles. The van der Waals surface area contributed by atoms with E-state index in [9.17, 15) is 0 Å². The van der Waals surface area contributed by atoms with Crippen LogP contribution in [0.1, 0.15) is 13.8 Å². The van der Waals surface area contributed by atoms with E-state index >= 15 is 0 Å². The molecule has 0 amide bonds. The van der Waals surface area contributed by atoms with Gasteiger partial charge in [-0.3, -0.25) is 0 Å². The molecule has 104 valence electrons. The van der Waals surface area contributed by atoms with Gasteiger partial charge in [0.05, 0.1) is 33.0 Å². The Bertz CT molecular complexity index is 242. The molecule has 0 aromatic rings. The first kappa shape index (κ1) is 15.6. The molecule has 1 heterocycles. The average Bonchev–Trinajstić information content (AvgIpc) is 2.67. The van der Waals surface area contributed by atoms with Crippen molar-refractivity contribution in [1.82, 2.24) is 0 Å². The largest absolute Gasteiger partial charge is 0.376 e. The van der Waals surface area contributed by atoms with Crippen LogP contribution in [0.5, 0.6) is 0 Å². The van der Waals surface area contributed by atoms with Gasteiger partial charge in [0.1, 0.15) is 19.3 Å². The fraction of sp³-hybridized carbons (Fsp3) is 0.769. The molecular formula is C13H22O5. The lowest BCUT2D eigenvalue weighted by atomic mass is 10.4. The van der Waals surface area contributed by atoms with Crippen LogP contribution in [0, 0.1) is 7.11 Å². The number of hydrogen-bond donors (Lipinski definition) is 0. The predicted molar refractivity (Wildman–Crippen MR) is 65.9 cm³/mol. The summed E-state index contributed by atoms with van der Waals surface area (Å²) >= 11 is 0. The van der Waals surface area contributed by atoms with E-state index in [1.807, 2.05) is 13.8 Å². The first-order valence-electron chi connectivity index (χ1n) is 6.01. The molecule has 2 atom stereocenters. The summed E-state index contributed by atoms with van der Waals surface area (Å²) in [6.07, 6.45) is 1.33. The molecule has 0 aromatic heterocycles. The van der Waals surface area contributed by atoms with E-state index in [0.29, 0.717) is 33.0 Å². The maximum Gasteiger partial charge on any atom is 0.163 e. The van der Waals surface area contributed by atoms with Gasteiger partial charge in [-0.05, 0) is 13.8 Å². The van der Waals surface area contributed by atoms with Gasteiger partial charge in [-0.25, -0.2) is 0 Å². The van der Waals surface area contributed by atoms with Crippen LogP contribution in [0.15, 0.2) is 12.7 Å². The van der Waals surface area contributed by atoms with Crippen molar-refractivity contribution in [2.45, 2.75) is 31.8 Å². The summed E-state index contributed by atoms with van der Waals surface area (Å²) in [7, 11) is 5.15. The second-order valence-corrected chi connectivity index (χ2v) is 4.57. The van der Waals surface area contributed by atoms with Crippen molar-refractivity contribution >= 4 is 0 Å². The first-order valence-corrected chi connectivity index (χ1v) is 6.01. The van der Waals surface area contributed by atoms with Crippen LogP contribution in [0.25, 0.3) is 0 Å². The smallest absolute Gasteiger partial charge is 0.163 e. The third-order valence-electron chi connectivity index (χ3n) is 2.41. The van der Waals surface area contributed by atoms with Gasteiger partial charge >= 0.3 is 0 Å². The van der Waals surface area contributed by atoms with Crippen molar-refractivity contribution in [3.8, 4) is 0 Å². The number of ether oxygens (including phenoxy) is 5. The van der Waals surface area contributed by atoms with E-state index in [1.54, 1.807) is 6.08 Å². The highest BCUT2D eigenvalue weighted by atomic mass is 16.7. The highest BCUT2D eigenvalue weighted by molar-refractivity contribution is 4.70. The van der Waals surface area contributed by atoms with Gasteiger partial charge in [0.25, 0.3) is 0 Å². The fourth-order valence-corrected chi connectivity index (χ4v) is 1.59. The molecule has 1 saturated heterocycles. The molecule has 0 spiro atoms. The molecule has 2 radical (unpaired) electrons. The molecule has 2 unspecified atom stereocenters. The molecule has 0 saturated carbocycles. The molecular weight excluding hydrogens is 236 g/mol. The average molecular weight is 258 g/mol. The van der Waals surface area contributed by atoms with Crippen LogP contribution < -0.4 is 0 Å². The number of rotatable bonds is 9. The molecule has 0 aromatic carbocycles. The van der Waals surface area contributed by atoms with Crippen LogP contribution in [-0.2, 0) is 23.7 Å². The Morgan fingerprint density at radius 2 is 2.17 bits per heavy atom. The summed E-state index contributed by atoms with van der Waals surface area (Å²) < 4.78 is 26.5. The molecule has 0 aliphatic carbocycles. The Hall–Kier alpha value is -0.460. The summed E-state index contributed by atoms with van der Waals surface area (Å²) in [6, 6.07) is 0. The molecule has 1 rings (SSSR count). The normalized spacial score (nSPS) is 24.1. The number of hydrogen-bond acceptors (Lipinski definition) is 5. The zero-order chi connectivity index (χ0) is 13.4. The monoisotopic (exact) mass is 258 g/mol. The first-order chi connectivity index (χ1) is 8.57. The van der Waals surface area contributed by atoms with Gasteiger partial charge in [-0.15, -0.1) is 6.58 Å². The second-order valence-electron chi connectivity index (χ2n) is 4.57. The van der Waals surface area contributed by atoms with Gasteiger partial charge in [0.15, 0.2) is 5.79 Å². The van der Waals surface area contributed by atoms with Crippen LogP contribution >= 0.6 is 0 Å². The fourth-order valence-electron chi connectivity index (χ4n) is 1.59. The summed E-state index contributed by atoms with van der Waals surface area (Å²) in [5.41, 5.74) is 0. The molecule has 0 bridgehead atoms. The predicted octanol–water partition coefficient (Wildman–Crippen LogP) is 1.41. The summed E-state index contributed by atoms with van der Waals surface area (Å²) in [4.78, 5) is 0. The van der Waals surface area contributed by atoms with Crippen LogP contribution in [0.2, 0.25) is 0 Å². The van der Waals surface area contributed by atoms with Gasteiger partial charge in [0.2, 0.25) is 0 Å². The van der Waals surface area contributed by atoms with E-state index in [2.05, 4.69) is 6.58 Å². The molecule has 0 N–H and O–H groups in total. The Balaban J connectivity index is 2.10. The SMILES string of the molecule is [CH]OC(COCC=C)COCC1COC(C)(C)O1. The maximum absolute atomic E-state index is 5.60. The molecule has 18 heavy (non-hydrogen) atoms. The zero-order valence-electron chi connectivity index (χ0n) is 11.1. The van der Waals surface area contributed by atoms with Crippen molar-refractivity contribution in [3.05, 3.63) is 19.8 Å². The minimum absolute atomic E-state index is 0.0486. The van der Waals surface area contributed by atoms with Crippen molar-refractivity contribution < 1.29 is 23.7 Å². The van der Waals surface area contributed by atoms with Crippen molar-refractivity contribution in [2.24, 2.45) is 0 Å². The van der Waals surface area contributed by atoms with E-state index in [0.717, 1.165) is 0 Å². The van der Waals surface area contributed by atoms with E-state index in [-0.39, 0.29) is 12.2 Å². The lowest BCUT2D eigenvalue weighted by Gasteiger charge is -2.18. The highest BCUT2D eigenvalue weighted by Gasteiger charge is 2.32. The van der Waals surface area contributed by atoms with Gasteiger partial charge in [0, 0.05) is 0 Å². The van der Waals surface area contributed by atoms with E-state index < -0.39 is 5.79 Å². The molecule has 5 heteroatoms. The van der Waals surface area contributed by atoms with Crippen molar-refractivity contribution in [2.75, 3.05) is 33.0 Å². The topological polar surface area (TPSA) is 46.2 Å². The van der Waals surface area contributed by atoms with E-state index in [4.69, 9.17) is 30.8 Å². The lowest BCUT2D eigenvalue weighted by molar-refractivity contribution is -0.147. The zero-order valence-corrected chi connectivity index (χ0v) is 11.1. The quantitative estimate of drug-likeness (QED) is 0.462. The lowest BCUT2D eigenvalue weighted by Crippen LogP contribution is -2.28. The Morgan fingerprint density at radius 3 is 2.72 bits per heavy atom. The minimum Gasteiger partial charge on any atom is -0.376 e. The van der Waals surface area contributed by atoms with Crippen molar-refractivity contribution in [1.29, 1.82) is 0 Å². The van der Waals surface area contributed by atoms with Gasteiger partial charge < -0.3 is 23.7 Å². The highest BCUT2D eigenvalue weighted by Crippen LogP contribution is 2.22. The summed E-state index contributed by atoms with van der Waals surface area (Å²) in [5, 5.41) is 0. The Labute approximate surface area is 109 Å². The van der Waals surface area contributed by atoms with Crippen LogP contribution in [0.4, 0.5) is 0 Å². The van der Waals surface area contributed by atoms with Crippen LogP contribution in [0.3, 0.4) is 0 Å².